The standard InChI is InChI=1S/C24H24N4O6S/c1-14-20(35-23(26-14)27-19(31)12-15-7-6-10-17(29)11-15)21(32)28-24(25,22(33)34-2)13-18(30)16-8-4-3-5-9-16/h3-11,29H,12-13,25H2,1-2H3,(H,28,32)(H,26,27,31). The first-order valence-corrected chi connectivity index (χ1v) is 11.3. The maximum absolute atomic E-state index is 13.0. The fourth-order valence-electron chi connectivity index (χ4n) is 3.26. The highest BCUT2D eigenvalue weighted by Gasteiger charge is 2.40. The van der Waals surface area contributed by atoms with Crippen LogP contribution in [0.5, 0.6) is 5.75 Å². The van der Waals surface area contributed by atoms with Gasteiger partial charge in [0.25, 0.3) is 5.91 Å². The van der Waals surface area contributed by atoms with E-state index < -0.39 is 35.7 Å². The highest BCUT2D eigenvalue weighted by Crippen LogP contribution is 2.24. The lowest BCUT2D eigenvalue weighted by molar-refractivity contribution is -0.148. The topological polar surface area (TPSA) is 161 Å². The van der Waals surface area contributed by atoms with E-state index in [4.69, 9.17) is 10.5 Å². The molecular formula is C24H24N4O6S. The fraction of sp³-hybridized carbons (Fsp3) is 0.208. The summed E-state index contributed by atoms with van der Waals surface area (Å²) >= 11 is 0.888. The molecule has 0 aliphatic rings. The average molecular weight is 497 g/mol. The van der Waals surface area contributed by atoms with Crippen molar-refractivity contribution in [3.63, 3.8) is 0 Å². The number of aromatic hydroxyl groups is 1. The number of carbonyl (C=O) groups excluding carboxylic acids is 4. The zero-order valence-electron chi connectivity index (χ0n) is 19.0. The molecule has 35 heavy (non-hydrogen) atoms. The third-order valence-corrected chi connectivity index (χ3v) is 6.02. The third-order valence-electron chi connectivity index (χ3n) is 4.95. The summed E-state index contributed by atoms with van der Waals surface area (Å²) in [6.07, 6.45) is -0.537. The molecule has 2 aromatic carbocycles. The van der Waals surface area contributed by atoms with Crippen molar-refractivity contribution in [2.75, 3.05) is 12.4 Å². The molecule has 0 aliphatic heterocycles. The first kappa shape index (κ1) is 25.5. The Balaban J connectivity index is 1.72. The lowest BCUT2D eigenvalue weighted by Crippen LogP contribution is -2.63. The quantitative estimate of drug-likeness (QED) is 0.199. The summed E-state index contributed by atoms with van der Waals surface area (Å²) in [7, 11) is 1.10. The lowest BCUT2D eigenvalue weighted by Gasteiger charge is -2.26. The van der Waals surface area contributed by atoms with Gasteiger partial charge in [-0.2, -0.15) is 0 Å². The zero-order valence-corrected chi connectivity index (χ0v) is 19.8. The van der Waals surface area contributed by atoms with Gasteiger partial charge in [0.05, 0.1) is 25.6 Å². The SMILES string of the molecule is COC(=O)C(N)(CC(=O)c1ccccc1)NC(=O)c1sc(NC(=O)Cc2cccc(O)c2)nc1C. The lowest BCUT2D eigenvalue weighted by atomic mass is 9.98. The highest BCUT2D eigenvalue weighted by atomic mass is 32.1. The third kappa shape index (κ3) is 6.49. The Labute approximate surface area is 205 Å². The monoisotopic (exact) mass is 496 g/mol. The molecule has 0 bridgehead atoms. The number of nitrogens with zero attached hydrogens (tertiary/aromatic N) is 1. The Morgan fingerprint density at radius 1 is 1.11 bits per heavy atom. The van der Waals surface area contributed by atoms with Crippen LogP contribution in [0, 0.1) is 6.92 Å². The Morgan fingerprint density at radius 2 is 1.83 bits per heavy atom. The second kappa shape index (κ2) is 10.9. The van der Waals surface area contributed by atoms with Crippen LogP contribution in [0.2, 0.25) is 0 Å². The number of Topliss-reactive ketones (excluding diaryl/α,β-unsaturated/α-hetero) is 1. The van der Waals surface area contributed by atoms with Gasteiger partial charge in [0.2, 0.25) is 5.91 Å². The molecule has 10 nitrogen and oxygen atoms in total. The van der Waals surface area contributed by atoms with Crippen LogP contribution in [0.3, 0.4) is 0 Å². The Morgan fingerprint density at radius 3 is 2.49 bits per heavy atom. The predicted octanol–water partition coefficient (Wildman–Crippen LogP) is 2.17. The van der Waals surface area contributed by atoms with E-state index in [2.05, 4.69) is 15.6 Å². The van der Waals surface area contributed by atoms with Crippen molar-refractivity contribution in [3.8, 4) is 5.75 Å². The number of ketones is 1. The summed E-state index contributed by atoms with van der Waals surface area (Å²) < 4.78 is 4.72. The molecule has 11 heteroatoms. The number of hydrogen-bond acceptors (Lipinski definition) is 9. The first-order valence-electron chi connectivity index (χ1n) is 10.4. The molecule has 5 N–H and O–H groups in total. The minimum absolute atomic E-state index is 0.00952. The predicted molar refractivity (Wildman–Crippen MR) is 129 cm³/mol. The van der Waals surface area contributed by atoms with Crippen LogP contribution in [0.1, 0.15) is 37.7 Å². The van der Waals surface area contributed by atoms with Gasteiger partial charge in [-0.15, -0.1) is 0 Å². The first-order chi connectivity index (χ1) is 16.6. The number of nitrogens with two attached hydrogens (primary N) is 1. The van der Waals surface area contributed by atoms with Crippen molar-refractivity contribution >= 4 is 40.0 Å². The van der Waals surface area contributed by atoms with Gasteiger partial charge in [0, 0.05) is 5.56 Å². The van der Waals surface area contributed by atoms with E-state index in [1.165, 1.54) is 12.1 Å². The van der Waals surface area contributed by atoms with Crippen LogP contribution in [0.4, 0.5) is 5.13 Å². The van der Waals surface area contributed by atoms with Crippen LogP contribution in [0.15, 0.2) is 54.6 Å². The van der Waals surface area contributed by atoms with Crippen LogP contribution in [-0.4, -0.2) is 46.4 Å². The second-order valence-electron chi connectivity index (χ2n) is 7.71. The summed E-state index contributed by atoms with van der Waals surface area (Å²) in [4.78, 5) is 54.7. The minimum atomic E-state index is -2.12. The molecule has 0 saturated heterocycles. The number of phenolic OH excluding ortho intramolecular Hbond substituents is 1. The van der Waals surface area contributed by atoms with Crippen molar-refractivity contribution < 1.29 is 29.0 Å². The number of phenols is 1. The number of ether oxygens (including phenoxy) is 1. The van der Waals surface area contributed by atoms with Crippen molar-refractivity contribution in [2.24, 2.45) is 5.73 Å². The van der Waals surface area contributed by atoms with E-state index in [-0.39, 0.29) is 22.2 Å². The molecule has 0 saturated carbocycles. The van der Waals surface area contributed by atoms with Crippen molar-refractivity contribution in [1.82, 2.24) is 10.3 Å². The summed E-state index contributed by atoms with van der Waals surface area (Å²) in [5.41, 5.74) is 5.23. The number of hydrogen-bond donors (Lipinski definition) is 4. The number of benzene rings is 2. The number of rotatable bonds is 9. The number of methoxy groups -OCH3 is 1. The van der Waals surface area contributed by atoms with Gasteiger partial charge < -0.3 is 20.5 Å². The minimum Gasteiger partial charge on any atom is -0.508 e. The number of carbonyl (C=O) groups is 4. The van der Waals surface area contributed by atoms with E-state index in [1.807, 2.05) is 0 Å². The number of thiazole rings is 1. The number of aryl methyl sites for hydroxylation is 1. The number of nitrogens with one attached hydrogen (secondary N) is 2. The molecular weight excluding hydrogens is 472 g/mol. The summed E-state index contributed by atoms with van der Waals surface area (Å²) in [5, 5.41) is 14.7. The maximum atomic E-state index is 13.0. The van der Waals surface area contributed by atoms with Gasteiger partial charge in [-0.3, -0.25) is 20.1 Å². The van der Waals surface area contributed by atoms with Gasteiger partial charge in [0.15, 0.2) is 16.6 Å². The fourth-order valence-corrected chi connectivity index (χ4v) is 4.14. The Hall–Kier alpha value is -4.09. The molecule has 2 amide bonds. The molecule has 1 atom stereocenters. The molecule has 3 aromatic rings. The smallest absolute Gasteiger partial charge is 0.347 e. The number of aromatic nitrogens is 1. The van der Waals surface area contributed by atoms with Gasteiger partial charge in [-0.05, 0) is 24.6 Å². The van der Waals surface area contributed by atoms with Crippen LogP contribution >= 0.6 is 11.3 Å². The second-order valence-corrected chi connectivity index (χ2v) is 8.71. The molecule has 182 valence electrons. The molecule has 1 aromatic heterocycles. The molecule has 0 aliphatic carbocycles. The number of anilines is 1. The summed E-state index contributed by atoms with van der Waals surface area (Å²) in [5.74, 6) is -2.55. The number of esters is 1. The normalized spacial score (nSPS) is 12.3. The molecule has 3 rings (SSSR count). The Bertz CT molecular complexity index is 1260. The average Bonchev–Trinajstić information content (AvgIpc) is 3.18. The van der Waals surface area contributed by atoms with Gasteiger partial charge in [-0.1, -0.05) is 53.8 Å². The molecule has 0 spiro atoms. The van der Waals surface area contributed by atoms with E-state index in [0.29, 0.717) is 16.8 Å². The van der Waals surface area contributed by atoms with Gasteiger partial charge in [0.1, 0.15) is 10.6 Å². The summed E-state index contributed by atoms with van der Waals surface area (Å²) in [6, 6.07) is 14.5. The van der Waals surface area contributed by atoms with Crippen LogP contribution in [0.25, 0.3) is 0 Å². The van der Waals surface area contributed by atoms with Gasteiger partial charge in [-0.25, -0.2) is 9.78 Å². The largest absolute Gasteiger partial charge is 0.508 e. The highest BCUT2D eigenvalue weighted by molar-refractivity contribution is 7.17. The van der Waals surface area contributed by atoms with Crippen molar-refractivity contribution in [2.45, 2.75) is 25.4 Å². The van der Waals surface area contributed by atoms with E-state index in [9.17, 15) is 24.3 Å². The summed E-state index contributed by atoms with van der Waals surface area (Å²) in [6.45, 7) is 1.56. The van der Waals surface area contributed by atoms with Gasteiger partial charge >= 0.3 is 5.97 Å². The zero-order chi connectivity index (χ0) is 25.6. The molecule has 1 heterocycles. The van der Waals surface area contributed by atoms with Crippen molar-refractivity contribution in [3.05, 3.63) is 76.3 Å². The van der Waals surface area contributed by atoms with E-state index in [1.54, 1.807) is 49.4 Å². The van der Waals surface area contributed by atoms with Crippen LogP contribution in [-0.2, 0) is 20.7 Å². The Kier molecular flexibility index (Phi) is 7.94. The number of amides is 2. The molecule has 0 radical (unpaired) electrons. The van der Waals surface area contributed by atoms with Crippen LogP contribution < -0.4 is 16.4 Å². The molecule has 0 fully saturated rings. The van der Waals surface area contributed by atoms with E-state index >= 15 is 0 Å². The van der Waals surface area contributed by atoms with Crippen molar-refractivity contribution in [1.29, 1.82) is 0 Å². The molecule has 1 unspecified atom stereocenters. The van der Waals surface area contributed by atoms with E-state index in [0.717, 1.165) is 18.4 Å². The maximum Gasteiger partial charge on any atom is 0.347 e.